The number of nitrogens with one attached hydrogen (secondary N) is 1. The molecule has 11 heteroatoms. The average molecular weight is 492 g/mol. The molecule has 3 N–H and O–H groups in total. The standard InChI is InChI=1S/C24H25F5N6/c1-15(20(11-35(31)14-30)19-6-5-18(25)10-21(19)26)33-7-8-34-12-22(32-23(34)13-33)16-3-2-4-17(9-16)24(27,28)29/h2-6,9-10,12,14-15,20,30H,7-8,11,13,31H2,1H3/t15-,20?/m1/s1. The van der Waals surface area contributed by atoms with Gasteiger partial charge in [-0.15, -0.1) is 0 Å². The lowest BCUT2D eigenvalue weighted by atomic mass is 9.90. The Hall–Kier alpha value is -3.31. The summed E-state index contributed by atoms with van der Waals surface area (Å²) in [6.07, 6.45) is -1.77. The zero-order valence-electron chi connectivity index (χ0n) is 18.9. The van der Waals surface area contributed by atoms with Gasteiger partial charge in [-0.3, -0.25) is 10.3 Å². The van der Waals surface area contributed by atoms with Gasteiger partial charge in [-0.2, -0.15) is 13.2 Å². The molecule has 0 aliphatic carbocycles. The molecule has 0 bridgehead atoms. The number of hydrogen-bond acceptors (Lipinski definition) is 4. The lowest BCUT2D eigenvalue weighted by Gasteiger charge is -2.38. The van der Waals surface area contributed by atoms with E-state index >= 15 is 0 Å². The molecule has 0 saturated heterocycles. The smallest absolute Gasteiger partial charge is 0.332 e. The van der Waals surface area contributed by atoms with Crippen molar-refractivity contribution in [3.05, 3.63) is 77.2 Å². The number of benzene rings is 2. The number of hydrazine groups is 1. The highest BCUT2D eigenvalue weighted by Gasteiger charge is 2.32. The molecule has 6 nitrogen and oxygen atoms in total. The summed E-state index contributed by atoms with van der Waals surface area (Å²) in [7, 11) is 0. The van der Waals surface area contributed by atoms with E-state index in [4.69, 9.17) is 11.3 Å². The van der Waals surface area contributed by atoms with Gasteiger partial charge in [0.25, 0.3) is 0 Å². The van der Waals surface area contributed by atoms with Crippen molar-refractivity contribution in [2.24, 2.45) is 5.84 Å². The van der Waals surface area contributed by atoms with Crippen molar-refractivity contribution >= 4 is 6.34 Å². The zero-order chi connectivity index (χ0) is 25.3. The normalized spacial score (nSPS) is 16.0. The molecule has 35 heavy (non-hydrogen) atoms. The maximum atomic E-state index is 14.7. The number of nitrogens with zero attached hydrogens (tertiary/aromatic N) is 4. The molecule has 1 aromatic heterocycles. The van der Waals surface area contributed by atoms with Gasteiger partial charge in [0, 0.05) is 49.4 Å². The molecule has 0 fully saturated rings. The fourth-order valence-corrected chi connectivity index (χ4v) is 4.46. The Kier molecular flexibility index (Phi) is 6.91. The Morgan fingerprint density at radius 3 is 2.63 bits per heavy atom. The van der Waals surface area contributed by atoms with Crippen molar-refractivity contribution < 1.29 is 22.0 Å². The molecular formula is C24H25F5N6. The first-order chi connectivity index (χ1) is 16.6. The van der Waals surface area contributed by atoms with Crippen molar-refractivity contribution in [1.29, 1.82) is 5.41 Å². The highest BCUT2D eigenvalue weighted by molar-refractivity contribution is 5.60. The van der Waals surface area contributed by atoms with Crippen LogP contribution in [-0.2, 0) is 19.3 Å². The number of aromatic nitrogens is 2. The minimum Gasteiger partial charge on any atom is -0.332 e. The summed E-state index contributed by atoms with van der Waals surface area (Å²) < 4.78 is 69.4. The quantitative estimate of drug-likeness (QED) is 0.166. The van der Waals surface area contributed by atoms with Gasteiger partial charge in [0.15, 0.2) is 0 Å². The minimum absolute atomic E-state index is 0.133. The van der Waals surface area contributed by atoms with Crippen LogP contribution in [0.3, 0.4) is 0 Å². The first-order valence-corrected chi connectivity index (χ1v) is 11.0. The summed E-state index contributed by atoms with van der Waals surface area (Å²) in [6, 6.07) is 8.18. The Morgan fingerprint density at radius 2 is 1.94 bits per heavy atom. The van der Waals surface area contributed by atoms with Crippen LogP contribution in [-0.4, -0.2) is 44.9 Å². The molecule has 0 spiro atoms. The summed E-state index contributed by atoms with van der Waals surface area (Å²) in [4.78, 5) is 6.65. The second-order valence-corrected chi connectivity index (χ2v) is 8.62. The molecule has 2 aromatic carbocycles. The van der Waals surface area contributed by atoms with E-state index in [1.807, 2.05) is 11.5 Å². The molecule has 0 amide bonds. The Morgan fingerprint density at radius 1 is 1.17 bits per heavy atom. The number of imidazole rings is 1. The number of rotatable bonds is 7. The Labute approximate surface area is 199 Å². The van der Waals surface area contributed by atoms with E-state index in [1.165, 1.54) is 18.2 Å². The van der Waals surface area contributed by atoms with Gasteiger partial charge in [0.05, 0.1) is 24.1 Å². The van der Waals surface area contributed by atoms with E-state index in [2.05, 4.69) is 9.88 Å². The van der Waals surface area contributed by atoms with E-state index in [0.29, 0.717) is 36.7 Å². The largest absolute Gasteiger partial charge is 0.416 e. The first-order valence-electron chi connectivity index (χ1n) is 11.0. The van der Waals surface area contributed by atoms with Gasteiger partial charge in [-0.1, -0.05) is 18.2 Å². The monoisotopic (exact) mass is 492 g/mol. The van der Waals surface area contributed by atoms with Crippen LogP contribution in [0.25, 0.3) is 11.3 Å². The third-order valence-corrected chi connectivity index (χ3v) is 6.41. The summed E-state index contributed by atoms with van der Waals surface area (Å²) in [5.41, 5.74) is 0.365. The topological polar surface area (TPSA) is 74.2 Å². The van der Waals surface area contributed by atoms with Gasteiger partial charge in [-0.05, 0) is 30.7 Å². The maximum Gasteiger partial charge on any atom is 0.416 e. The van der Waals surface area contributed by atoms with Crippen LogP contribution >= 0.6 is 0 Å². The molecule has 3 aromatic rings. The fraction of sp³-hybridized carbons (Fsp3) is 0.333. The molecule has 1 unspecified atom stereocenters. The van der Waals surface area contributed by atoms with Crippen LogP contribution < -0.4 is 5.84 Å². The highest BCUT2D eigenvalue weighted by Crippen LogP contribution is 2.33. The van der Waals surface area contributed by atoms with Crippen LogP contribution in [0.5, 0.6) is 0 Å². The third kappa shape index (κ3) is 5.35. The van der Waals surface area contributed by atoms with E-state index < -0.39 is 29.3 Å². The van der Waals surface area contributed by atoms with Gasteiger partial charge in [-0.25, -0.2) is 19.6 Å². The van der Waals surface area contributed by atoms with Gasteiger partial charge < -0.3 is 9.58 Å². The molecule has 1 aliphatic rings. The fourth-order valence-electron chi connectivity index (χ4n) is 4.46. The third-order valence-electron chi connectivity index (χ3n) is 6.41. The van der Waals surface area contributed by atoms with Crippen LogP contribution in [0, 0.1) is 17.0 Å². The second-order valence-electron chi connectivity index (χ2n) is 8.62. The van der Waals surface area contributed by atoms with E-state index in [-0.39, 0.29) is 18.2 Å². The van der Waals surface area contributed by atoms with Crippen LogP contribution in [0.4, 0.5) is 22.0 Å². The average Bonchev–Trinajstić information content (AvgIpc) is 3.25. The number of hydrogen-bond donors (Lipinski definition) is 2. The molecule has 0 saturated carbocycles. The molecule has 0 radical (unpaired) electrons. The summed E-state index contributed by atoms with van der Waals surface area (Å²) in [5.74, 6) is 4.64. The Balaban J connectivity index is 1.59. The lowest BCUT2D eigenvalue weighted by Crippen LogP contribution is -2.46. The zero-order valence-corrected chi connectivity index (χ0v) is 18.9. The van der Waals surface area contributed by atoms with E-state index in [0.717, 1.165) is 29.5 Å². The van der Waals surface area contributed by atoms with E-state index in [9.17, 15) is 22.0 Å². The van der Waals surface area contributed by atoms with Crippen molar-refractivity contribution in [1.82, 2.24) is 19.5 Å². The molecule has 1 aliphatic heterocycles. The van der Waals surface area contributed by atoms with Crippen molar-refractivity contribution in [2.45, 2.75) is 38.1 Å². The van der Waals surface area contributed by atoms with Gasteiger partial charge in [0.1, 0.15) is 17.5 Å². The molecule has 2 heterocycles. The minimum atomic E-state index is -4.44. The molecular weight excluding hydrogens is 467 g/mol. The van der Waals surface area contributed by atoms with Crippen molar-refractivity contribution in [2.75, 3.05) is 13.1 Å². The molecule has 4 rings (SSSR count). The highest BCUT2D eigenvalue weighted by atomic mass is 19.4. The number of nitrogens with two attached hydrogens (primary N) is 1. The van der Waals surface area contributed by atoms with Gasteiger partial charge >= 0.3 is 6.18 Å². The predicted octanol–water partition coefficient (Wildman–Crippen LogP) is 4.62. The maximum absolute atomic E-state index is 14.7. The van der Waals surface area contributed by atoms with Crippen molar-refractivity contribution in [3.63, 3.8) is 0 Å². The van der Waals surface area contributed by atoms with Crippen LogP contribution in [0.15, 0.2) is 48.7 Å². The SMILES string of the molecule is C[C@H](C(CN(N)C=N)c1ccc(F)cc1F)N1CCn2cc(-c3cccc(C(F)(F)F)c3)nc2C1. The lowest BCUT2D eigenvalue weighted by molar-refractivity contribution is -0.137. The van der Waals surface area contributed by atoms with E-state index in [1.54, 1.807) is 12.3 Å². The number of alkyl halides is 3. The van der Waals surface area contributed by atoms with Gasteiger partial charge in [0.2, 0.25) is 0 Å². The summed E-state index contributed by atoms with van der Waals surface area (Å²) >= 11 is 0. The van der Waals surface area contributed by atoms with Crippen LogP contribution in [0.2, 0.25) is 0 Å². The Bertz CT molecular complexity index is 1210. The predicted molar refractivity (Wildman–Crippen MR) is 121 cm³/mol. The first kappa shape index (κ1) is 24.8. The summed E-state index contributed by atoms with van der Waals surface area (Å²) in [6.45, 7) is 3.54. The molecule has 2 atom stereocenters. The number of halogens is 5. The summed E-state index contributed by atoms with van der Waals surface area (Å²) in [5, 5.41) is 8.54. The molecule has 186 valence electrons. The van der Waals surface area contributed by atoms with Crippen molar-refractivity contribution in [3.8, 4) is 11.3 Å². The van der Waals surface area contributed by atoms with Crippen LogP contribution in [0.1, 0.15) is 29.8 Å². The number of fused-ring (bicyclic) bond motifs is 1. The second kappa shape index (κ2) is 9.74.